The highest BCUT2D eigenvalue weighted by Gasteiger charge is 2.25. The Morgan fingerprint density at radius 3 is 2.86 bits per heavy atom. The van der Waals surface area contributed by atoms with E-state index in [2.05, 4.69) is 39.7 Å². The number of benzene rings is 2. The van der Waals surface area contributed by atoms with Gasteiger partial charge in [-0.15, -0.1) is 0 Å². The average Bonchev–Trinajstić information content (AvgIpc) is 3.25. The van der Waals surface area contributed by atoms with Gasteiger partial charge in [0.15, 0.2) is 0 Å². The van der Waals surface area contributed by atoms with Gasteiger partial charge in [-0.05, 0) is 54.8 Å². The van der Waals surface area contributed by atoms with Crippen LogP contribution in [-0.2, 0) is 4.79 Å². The molecule has 6 heteroatoms. The molecule has 0 saturated heterocycles. The lowest BCUT2D eigenvalue weighted by molar-refractivity contribution is -0.110. The molecule has 2 aliphatic heterocycles. The molecule has 3 heterocycles. The molecule has 0 bridgehead atoms. The molecule has 1 amide bonds. The molecule has 0 unspecified atom stereocenters. The number of aromatic nitrogens is 2. The fourth-order valence-electron chi connectivity index (χ4n) is 3.84. The first kappa shape index (κ1) is 16.6. The summed E-state index contributed by atoms with van der Waals surface area (Å²) in [6, 6.07) is 10.2. The fourth-order valence-corrected chi connectivity index (χ4v) is 3.84. The molecule has 3 N–H and O–H groups in total. The van der Waals surface area contributed by atoms with E-state index in [1.165, 1.54) is 0 Å². The predicted octanol–water partition coefficient (Wildman–Crippen LogP) is 3.99. The van der Waals surface area contributed by atoms with E-state index in [1.807, 2.05) is 31.2 Å². The zero-order valence-corrected chi connectivity index (χ0v) is 15.7. The maximum atomic E-state index is 12.5. The van der Waals surface area contributed by atoms with Crippen LogP contribution in [0.2, 0.25) is 0 Å². The van der Waals surface area contributed by atoms with E-state index < -0.39 is 0 Å². The van der Waals surface area contributed by atoms with Gasteiger partial charge in [-0.1, -0.05) is 12.1 Å². The third-order valence-corrected chi connectivity index (χ3v) is 5.22. The van der Waals surface area contributed by atoms with Crippen molar-refractivity contribution in [2.45, 2.75) is 13.8 Å². The Morgan fingerprint density at radius 2 is 2.04 bits per heavy atom. The van der Waals surface area contributed by atoms with Crippen molar-refractivity contribution in [2.75, 3.05) is 23.8 Å². The number of anilines is 2. The van der Waals surface area contributed by atoms with Gasteiger partial charge in [0, 0.05) is 17.8 Å². The Morgan fingerprint density at radius 1 is 1.14 bits per heavy atom. The number of hydrogen-bond acceptors (Lipinski definition) is 4. The van der Waals surface area contributed by atoms with Crippen molar-refractivity contribution in [3.63, 3.8) is 0 Å². The molecule has 140 valence electrons. The van der Waals surface area contributed by atoms with Gasteiger partial charge in [0.2, 0.25) is 0 Å². The van der Waals surface area contributed by atoms with Crippen molar-refractivity contribution in [3.8, 4) is 16.9 Å². The number of nitrogens with one attached hydrogen (secondary N) is 3. The van der Waals surface area contributed by atoms with Gasteiger partial charge in [0.05, 0.1) is 23.2 Å². The summed E-state index contributed by atoms with van der Waals surface area (Å²) in [4.78, 5) is 19.9. The minimum atomic E-state index is -0.100. The number of amides is 1. The number of imidazole rings is 1. The van der Waals surface area contributed by atoms with Crippen molar-refractivity contribution in [1.29, 1.82) is 0 Å². The SMILES string of the molecule is Cc1ncc(/C=C2\C(=O)Nc3ccc(-c4ccc5c(c4C)NCCO5)cc32)[nH]1. The maximum absolute atomic E-state index is 12.5. The number of ether oxygens (including phenoxy) is 1. The number of carbonyl (C=O) groups excluding carboxylic acids is 1. The van der Waals surface area contributed by atoms with Gasteiger partial charge in [-0.25, -0.2) is 4.98 Å². The summed E-state index contributed by atoms with van der Waals surface area (Å²) < 4.78 is 5.73. The van der Waals surface area contributed by atoms with Crippen molar-refractivity contribution in [3.05, 3.63) is 59.2 Å². The van der Waals surface area contributed by atoms with Crippen LogP contribution in [-0.4, -0.2) is 29.0 Å². The molecule has 0 atom stereocenters. The molecule has 0 fully saturated rings. The lowest BCUT2D eigenvalue weighted by Crippen LogP contribution is -2.19. The maximum Gasteiger partial charge on any atom is 0.256 e. The van der Waals surface area contributed by atoms with E-state index in [0.29, 0.717) is 12.2 Å². The first-order valence-corrected chi connectivity index (χ1v) is 9.30. The van der Waals surface area contributed by atoms with Crippen LogP contribution in [0.5, 0.6) is 5.75 Å². The average molecular weight is 372 g/mol. The van der Waals surface area contributed by atoms with Crippen molar-refractivity contribution < 1.29 is 9.53 Å². The normalized spacial score (nSPS) is 16.2. The van der Waals surface area contributed by atoms with Crippen LogP contribution >= 0.6 is 0 Å². The second-order valence-corrected chi connectivity index (χ2v) is 7.08. The molecule has 2 aliphatic rings. The third kappa shape index (κ3) is 2.65. The number of carbonyl (C=O) groups is 1. The monoisotopic (exact) mass is 372 g/mol. The quantitative estimate of drug-likeness (QED) is 0.594. The van der Waals surface area contributed by atoms with E-state index in [1.54, 1.807) is 6.20 Å². The minimum absolute atomic E-state index is 0.100. The van der Waals surface area contributed by atoms with Gasteiger partial charge >= 0.3 is 0 Å². The van der Waals surface area contributed by atoms with Crippen LogP contribution in [0, 0.1) is 13.8 Å². The van der Waals surface area contributed by atoms with Gasteiger partial charge in [-0.3, -0.25) is 4.79 Å². The van der Waals surface area contributed by atoms with Crippen molar-refractivity contribution in [1.82, 2.24) is 9.97 Å². The molecule has 0 aliphatic carbocycles. The van der Waals surface area contributed by atoms with Gasteiger partial charge in [0.25, 0.3) is 5.91 Å². The van der Waals surface area contributed by atoms with E-state index in [0.717, 1.165) is 57.4 Å². The number of aromatic amines is 1. The number of fused-ring (bicyclic) bond motifs is 2. The molecule has 2 aromatic carbocycles. The molecule has 6 nitrogen and oxygen atoms in total. The summed E-state index contributed by atoms with van der Waals surface area (Å²) >= 11 is 0. The molecule has 3 aromatic rings. The van der Waals surface area contributed by atoms with Crippen LogP contribution in [0.1, 0.15) is 22.6 Å². The Hall–Kier alpha value is -3.54. The number of aryl methyl sites for hydroxylation is 1. The summed E-state index contributed by atoms with van der Waals surface area (Å²) in [6.07, 6.45) is 3.58. The summed E-state index contributed by atoms with van der Waals surface area (Å²) in [7, 11) is 0. The summed E-state index contributed by atoms with van der Waals surface area (Å²) in [5.74, 6) is 1.61. The zero-order chi connectivity index (χ0) is 19.3. The molecule has 0 saturated carbocycles. The van der Waals surface area contributed by atoms with Gasteiger partial charge in [-0.2, -0.15) is 0 Å². The zero-order valence-electron chi connectivity index (χ0n) is 15.7. The Kier molecular flexibility index (Phi) is 3.72. The fraction of sp³-hybridized carbons (Fsp3) is 0.182. The van der Waals surface area contributed by atoms with Crippen molar-refractivity contribution >= 4 is 28.9 Å². The van der Waals surface area contributed by atoms with E-state index in [9.17, 15) is 4.79 Å². The highest BCUT2D eigenvalue weighted by atomic mass is 16.5. The molecular weight excluding hydrogens is 352 g/mol. The predicted molar refractivity (Wildman–Crippen MR) is 110 cm³/mol. The van der Waals surface area contributed by atoms with Crippen LogP contribution < -0.4 is 15.4 Å². The lowest BCUT2D eigenvalue weighted by atomic mass is 9.95. The highest BCUT2D eigenvalue weighted by molar-refractivity contribution is 6.35. The summed E-state index contributed by atoms with van der Waals surface area (Å²) in [5, 5.41) is 6.37. The number of nitrogens with zero attached hydrogens (tertiary/aromatic N) is 1. The van der Waals surface area contributed by atoms with E-state index in [4.69, 9.17) is 4.74 Å². The van der Waals surface area contributed by atoms with Crippen molar-refractivity contribution in [2.24, 2.45) is 0 Å². The lowest BCUT2D eigenvalue weighted by Gasteiger charge is -2.22. The Labute approximate surface area is 162 Å². The van der Waals surface area contributed by atoms with Crippen LogP contribution in [0.4, 0.5) is 11.4 Å². The smallest absolute Gasteiger partial charge is 0.256 e. The van der Waals surface area contributed by atoms with Crippen LogP contribution in [0.25, 0.3) is 22.8 Å². The first-order valence-electron chi connectivity index (χ1n) is 9.30. The second-order valence-electron chi connectivity index (χ2n) is 7.08. The number of H-pyrrole nitrogens is 1. The first-order chi connectivity index (χ1) is 13.6. The summed E-state index contributed by atoms with van der Waals surface area (Å²) in [5.41, 5.74) is 7.55. The molecule has 28 heavy (non-hydrogen) atoms. The molecule has 0 spiro atoms. The summed E-state index contributed by atoms with van der Waals surface area (Å²) in [6.45, 7) is 5.46. The van der Waals surface area contributed by atoms with Gasteiger partial charge in [0.1, 0.15) is 18.2 Å². The topological polar surface area (TPSA) is 79.0 Å². The minimum Gasteiger partial charge on any atom is -0.490 e. The highest BCUT2D eigenvalue weighted by Crippen LogP contribution is 2.40. The van der Waals surface area contributed by atoms with E-state index in [-0.39, 0.29) is 5.91 Å². The van der Waals surface area contributed by atoms with Gasteiger partial charge < -0.3 is 20.4 Å². The number of rotatable bonds is 2. The molecule has 1 aromatic heterocycles. The third-order valence-electron chi connectivity index (χ3n) is 5.22. The largest absolute Gasteiger partial charge is 0.490 e. The Bertz CT molecular complexity index is 1140. The number of hydrogen-bond donors (Lipinski definition) is 3. The van der Waals surface area contributed by atoms with Crippen LogP contribution in [0.15, 0.2) is 36.5 Å². The Balaban J connectivity index is 1.60. The standard InChI is InChI=1S/C22H20N4O2/c1-12-16(4-6-20-21(12)23-7-8-28-20)14-3-5-19-17(9-14)18(22(27)26-19)10-15-11-24-13(2)25-15/h3-6,9-11,23H,7-8H2,1-2H3,(H,24,25)(H,26,27)/b18-10-. The molecule has 5 rings (SSSR count). The van der Waals surface area contributed by atoms with E-state index >= 15 is 0 Å². The molecular formula is C22H20N4O2. The second kappa shape index (κ2) is 6.27. The van der Waals surface area contributed by atoms with Crippen LogP contribution in [0.3, 0.4) is 0 Å². The molecule has 0 radical (unpaired) electrons.